The number of likely N-dealkylation sites (tertiary alicyclic amines) is 1. The van der Waals surface area contributed by atoms with Crippen molar-refractivity contribution in [2.24, 2.45) is 16.3 Å². The van der Waals surface area contributed by atoms with Gasteiger partial charge in [0.25, 0.3) is 0 Å². The summed E-state index contributed by atoms with van der Waals surface area (Å²) in [5.74, 6) is -1.44. The van der Waals surface area contributed by atoms with E-state index >= 15 is 0 Å². The van der Waals surface area contributed by atoms with Crippen molar-refractivity contribution in [3.8, 4) is 0 Å². The van der Waals surface area contributed by atoms with E-state index in [2.05, 4.69) is 15.2 Å². The van der Waals surface area contributed by atoms with E-state index in [-0.39, 0.29) is 47.0 Å². The molecule has 38 heavy (non-hydrogen) atoms. The average Bonchev–Trinajstić information content (AvgIpc) is 3.57. The molecule has 4 aliphatic rings. The second kappa shape index (κ2) is 9.71. The zero-order chi connectivity index (χ0) is 26.6. The normalized spacial score (nSPS) is 29.9. The maximum atomic E-state index is 14.5. The molecule has 1 spiro atoms. The van der Waals surface area contributed by atoms with Crippen LogP contribution >= 0.6 is 22.9 Å². The number of ether oxygens (including phenoxy) is 2. The number of carboxylic acids is 1. The lowest BCUT2D eigenvalue weighted by Gasteiger charge is -2.71. The van der Waals surface area contributed by atoms with E-state index in [0.29, 0.717) is 41.9 Å². The van der Waals surface area contributed by atoms with E-state index < -0.39 is 23.8 Å². The van der Waals surface area contributed by atoms with Crippen LogP contribution in [0.1, 0.15) is 36.4 Å². The van der Waals surface area contributed by atoms with E-state index in [1.807, 2.05) is 5.38 Å². The minimum Gasteiger partial charge on any atom is -0.481 e. The molecule has 4 heterocycles. The van der Waals surface area contributed by atoms with Crippen LogP contribution in [0.15, 0.2) is 46.0 Å². The molecule has 2 N–H and O–H groups in total. The minimum absolute atomic E-state index is 0.0433. The number of benzene rings is 1. The number of aromatic nitrogens is 1. The van der Waals surface area contributed by atoms with E-state index in [1.54, 1.807) is 19.2 Å². The number of hydrogen-bond donors (Lipinski definition) is 2. The maximum absolute atomic E-state index is 14.5. The molecule has 1 aromatic heterocycles. The average molecular weight is 561 g/mol. The highest BCUT2D eigenvalue weighted by molar-refractivity contribution is 7.11. The molecule has 200 valence electrons. The summed E-state index contributed by atoms with van der Waals surface area (Å²) in [6, 6.07) is 3.74. The molecule has 1 aliphatic carbocycles. The first-order valence-corrected chi connectivity index (χ1v) is 13.7. The van der Waals surface area contributed by atoms with E-state index in [4.69, 9.17) is 26.1 Å². The Labute approximate surface area is 227 Å². The van der Waals surface area contributed by atoms with Crippen LogP contribution in [0.2, 0.25) is 5.02 Å². The van der Waals surface area contributed by atoms with Crippen LogP contribution < -0.4 is 5.32 Å². The molecule has 9 nitrogen and oxygen atoms in total. The van der Waals surface area contributed by atoms with Gasteiger partial charge in [-0.3, -0.25) is 14.7 Å². The predicted molar refractivity (Wildman–Crippen MR) is 137 cm³/mol. The summed E-state index contributed by atoms with van der Waals surface area (Å²) in [7, 11) is 0. The third-order valence-electron chi connectivity index (χ3n) is 8.23. The van der Waals surface area contributed by atoms with Gasteiger partial charge >= 0.3 is 11.9 Å². The number of halogens is 2. The van der Waals surface area contributed by atoms with Gasteiger partial charge in [-0.2, -0.15) is 0 Å². The number of thiazole rings is 1. The molecule has 4 unspecified atom stereocenters. The SMILES string of the molecule is CCOC(=O)C1=C(CN2C3COCC34C(CC(=O)O)CC24)NC(c2nccs2)=N[C@H]1c1cccc(F)c1Cl. The Bertz CT molecular complexity index is 1350. The van der Waals surface area contributed by atoms with Gasteiger partial charge in [0.05, 0.1) is 30.4 Å². The number of carbonyl (C=O) groups is 2. The first kappa shape index (κ1) is 25.4. The molecule has 3 aliphatic heterocycles. The molecular weight excluding hydrogens is 535 g/mol. The Hall–Kier alpha value is -2.86. The molecular formula is C26H26ClFN4O5S. The number of esters is 1. The Kier molecular flexibility index (Phi) is 6.50. The molecule has 0 radical (unpaired) electrons. The van der Waals surface area contributed by atoms with Gasteiger partial charge in [-0.25, -0.2) is 14.2 Å². The number of piperidine rings is 1. The van der Waals surface area contributed by atoms with Crippen molar-refractivity contribution >= 4 is 40.7 Å². The van der Waals surface area contributed by atoms with Crippen molar-refractivity contribution in [3.05, 3.63) is 62.5 Å². The monoisotopic (exact) mass is 560 g/mol. The predicted octanol–water partition coefficient (Wildman–Crippen LogP) is 3.41. The fourth-order valence-electron chi connectivity index (χ4n) is 6.57. The van der Waals surface area contributed by atoms with Crippen LogP contribution in [0.5, 0.6) is 0 Å². The van der Waals surface area contributed by atoms with Crippen LogP contribution in [0, 0.1) is 17.2 Å². The fraction of sp³-hybridized carbons (Fsp3) is 0.462. The number of carboxylic acid groups (broad SMARTS) is 1. The minimum atomic E-state index is -0.903. The number of carbonyl (C=O) groups excluding carboxylic acids is 1. The van der Waals surface area contributed by atoms with Gasteiger partial charge in [0.1, 0.15) is 11.9 Å². The van der Waals surface area contributed by atoms with Crippen molar-refractivity contribution in [1.82, 2.24) is 15.2 Å². The quantitative estimate of drug-likeness (QED) is 0.472. The first-order valence-electron chi connectivity index (χ1n) is 12.5. The largest absolute Gasteiger partial charge is 0.481 e. The molecule has 2 saturated heterocycles. The maximum Gasteiger partial charge on any atom is 0.338 e. The molecule has 0 amide bonds. The Balaban J connectivity index is 1.40. The number of nitrogens with zero attached hydrogens (tertiary/aromatic N) is 3. The third kappa shape index (κ3) is 3.86. The lowest BCUT2D eigenvalue weighted by molar-refractivity contribution is -0.222. The standard InChI is InChI=1S/C26H26ClFN4O5S/c1-2-37-25(35)20-16(10-32-17-8-13(9-19(33)34)26(17)12-36-11-18(26)32)30-23(24-29-6-7-38-24)31-22(20)14-4-3-5-15(28)21(14)27/h3-7,13,17-18,22H,2,8-12H2,1H3,(H,30,31)(H,33,34)/t13?,17?,18?,22-,26?/m0/s1. The topological polar surface area (TPSA) is 113 Å². The Morgan fingerprint density at radius 2 is 2.24 bits per heavy atom. The van der Waals surface area contributed by atoms with E-state index in [0.717, 1.165) is 6.42 Å². The lowest BCUT2D eigenvalue weighted by Crippen LogP contribution is -2.80. The summed E-state index contributed by atoms with van der Waals surface area (Å²) in [5, 5.41) is 15.0. The molecule has 6 rings (SSSR count). The second-order valence-corrected chi connectivity index (χ2v) is 11.2. The number of aliphatic imine (C=N–C) groups is 1. The number of hydrogen-bond acceptors (Lipinski definition) is 9. The van der Waals surface area contributed by atoms with Gasteiger partial charge in [-0.05, 0) is 25.3 Å². The van der Waals surface area contributed by atoms with E-state index in [9.17, 15) is 19.1 Å². The number of nitrogens with one attached hydrogen (secondary N) is 1. The molecule has 5 atom stereocenters. The van der Waals surface area contributed by atoms with Crippen molar-refractivity contribution in [1.29, 1.82) is 0 Å². The summed E-state index contributed by atoms with van der Waals surface area (Å²) in [4.78, 5) is 36.2. The molecule has 1 aromatic carbocycles. The van der Waals surface area contributed by atoms with Crippen molar-refractivity contribution < 1.29 is 28.6 Å². The van der Waals surface area contributed by atoms with Crippen LogP contribution in [0.4, 0.5) is 4.39 Å². The van der Waals surface area contributed by atoms with Crippen molar-refractivity contribution in [2.45, 2.75) is 37.9 Å². The van der Waals surface area contributed by atoms with Crippen LogP contribution in [-0.2, 0) is 19.1 Å². The Morgan fingerprint density at radius 1 is 1.39 bits per heavy atom. The molecule has 2 aromatic rings. The third-order valence-corrected chi connectivity index (χ3v) is 9.41. The Morgan fingerprint density at radius 3 is 2.97 bits per heavy atom. The number of aliphatic carboxylic acids is 1. The molecule has 1 saturated carbocycles. The number of amidine groups is 1. The first-order chi connectivity index (χ1) is 18.3. The molecule has 12 heteroatoms. The highest BCUT2D eigenvalue weighted by Gasteiger charge is 2.73. The molecule has 0 bridgehead atoms. The number of rotatable bonds is 8. The smallest absolute Gasteiger partial charge is 0.338 e. The van der Waals surface area contributed by atoms with Gasteiger partial charge in [0.2, 0.25) is 0 Å². The summed E-state index contributed by atoms with van der Waals surface area (Å²) in [6.45, 7) is 3.29. The lowest BCUT2D eigenvalue weighted by atomic mass is 9.46. The fourth-order valence-corrected chi connectivity index (χ4v) is 7.39. The van der Waals surface area contributed by atoms with Crippen LogP contribution in [0.3, 0.4) is 0 Å². The van der Waals surface area contributed by atoms with Crippen LogP contribution in [-0.4, -0.2) is 71.2 Å². The van der Waals surface area contributed by atoms with Gasteiger partial charge < -0.3 is 19.9 Å². The molecule has 3 fully saturated rings. The summed E-state index contributed by atoms with van der Waals surface area (Å²) >= 11 is 7.78. The van der Waals surface area contributed by atoms with Crippen LogP contribution in [0.25, 0.3) is 0 Å². The highest BCUT2D eigenvalue weighted by atomic mass is 35.5. The second-order valence-electron chi connectivity index (χ2n) is 9.96. The van der Waals surface area contributed by atoms with Gasteiger partial charge in [-0.15, -0.1) is 11.3 Å². The van der Waals surface area contributed by atoms with Gasteiger partial charge in [-0.1, -0.05) is 23.7 Å². The van der Waals surface area contributed by atoms with E-state index in [1.165, 1.54) is 23.5 Å². The zero-order valence-corrected chi connectivity index (χ0v) is 22.1. The highest BCUT2D eigenvalue weighted by Crippen LogP contribution is 2.65. The summed E-state index contributed by atoms with van der Waals surface area (Å²) in [6.07, 6.45) is 2.54. The van der Waals surface area contributed by atoms with Crippen molar-refractivity contribution in [3.63, 3.8) is 0 Å². The van der Waals surface area contributed by atoms with Crippen molar-refractivity contribution in [2.75, 3.05) is 26.4 Å². The van der Waals surface area contributed by atoms with Gasteiger partial charge in [0.15, 0.2) is 10.8 Å². The summed E-state index contributed by atoms with van der Waals surface area (Å²) < 4.78 is 25.8. The zero-order valence-electron chi connectivity index (χ0n) is 20.5. The van der Waals surface area contributed by atoms with Gasteiger partial charge in [0, 0.05) is 53.3 Å². The summed E-state index contributed by atoms with van der Waals surface area (Å²) in [5.41, 5.74) is 1.03.